The second-order valence-electron chi connectivity index (χ2n) is 6.90. The molecule has 2 aromatic rings. The molecule has 0 saturated carbocycles. The summed E-state index contributed by atoms with van der Waals surface area (Å²) in [5.74, 6) is 1.15. The molecule has 0 saturated heterocycles. The van der Waals surface area contributed by atoms with Gasteiger partial charge in [0.1, 0.15) is 0 Å². The molecule has 2 aromatic heterocycles. The average molecular weight is 358 g/mol. The van der Waals surface area contributed by atoms with Crippen molar-refractivity contribution in [2.45, 2.75) is 60.5 Å². The number of nitrogens with one attached hydrogen (secondary N) is 1. The van der Waals surface area contributed by atoms with E-state index in [0.29, 0.717) is 37.8 Å². The number of amides is 1. The van der Waals surface area contributed by atoms with E-state index >= 15 is 0 Å². The van der Waals surface area contributed by atoms with Crippen molar-refractivity contribution in [2.75, 3.05) is 6.61 Å². The van der Waals surface area contributed by atoms with Crippen molar-refractivity contribution in [2.24, 2.45) is 5.92 Å². The highest BCUT2D eigenvalue weighted by Crippen LogP contribution is 2.17. The van der Waals surface area contributed by atoms with E-state index in [1.54, 1.807) is 6.20 Å². The number of carbonyl (C=O) groups excluding carboxylic acids is 1. The van der Waals surface area contributed by atoms with E-state index in [-0.39, 0.29) is 5.91 Å². The summed E-state index contributed by atoms with van der Waals surface area (Å²) in [7, 11) is 0. The van der Waals surface area contributed by atoms with Crippen LogP contribution in [0.1, 0.15) is 49.7 Å². The minimum atomic E-state index is 0.0201. The Morgan fingerprint density at radius 3 is 2.81 bits per heavy atom. The zero-order chi connectivity index (χ0) is 19.1. The summed E-state index contributed by atoms with van der Waals surface area (Å²) in [6, 6.07) is 3.77. The Labute approximate surface area is 156 Å². The molecule has 0 aliphatic carbocycles. The van der Waals surface area contributed by atoms with E-state index in [1.165, 1.54) is 5.56 Å². The zero-order valence-corrected chi connectivity index (χ0v) is 16.5. The van der Waals surface area contributed by atoms with Gasteiger partial charge in [0.2, 0.25) is 11.8 Å². The maximum absolute atomic E-state index is 12.3. The van der Waals surface area contributed by atoms with Crippen LogP contribution >= 0.6 is 0 Å². The summed E-state index contributed by atoms with van der Waals surface area (Å²) in [6.07, 6.45) is 2.84. The van der Waals surface area contributed by atoms with Gasteiger partial charge in [-0.05, 0) is 44.7 Å². The second kappa shape index (κ2) is 9.36. The third kappa shape index (κ3) is 5.31. The first-order valence-electron chi connectivity index (χ1n) is 9.28. The molecule has 6 heteroatoms. The summed E-state index contributed by atoms with van der Waals surface area (Å²) in [5.41, 5.74) is 4.24. The normalized spacial score (nSPS) is 11.0. The molecule has 0 spiro atoms. The van der Waals surface area contributed by atoms with Gasteiger partial charge in [0.05, 0.1) is 12.3 Å². The number of hydrogen-bond donors (Lipinski definition) is 1. The third-order valence-electron chi connectivity index (χ3n) is 4.28. The van der Waals surface area contributed by atoms with Crippen molar-refractivity contribution >= 4 is 5.91 Å². The Kier molecular flexibility index (Phi) is 7.18. The predicted molar refractivity (Wildman–Crippen MR) is 102 cm³/mol. The fraction of sp³-hybridized carbons (Fsp3) is 0.550. The first-order valence-corrected chi connectivity index (χ1v) is 9.28. The zero-order valence-electron chi connectivity index (χ0n) is 16.5. The van der Waals surface area contributed by atoms with Crippen molar-refractivity contribution in [1.82, 2.24) is 20.1 Å². The third-order valence-corrected chi connectivity index (χ3v) is 4.28. The minimum Gasteiger partial charge on any atom is -0.478 e. The Hall–Kier alpha value is -2.37. The largest absolute Gasteiger partial charge is 0.478 e. The Bertz CT molecular complexity index is 737. The van der Waals surface area contributed by atoms with Gasteiger partial charge in [0.25, 0.3) is 0 Å². The molecule has 0 aliphatic heterocycles. The van der Waals surface area contributed by atoms with Gasteiger partial charge < -0.3 is 10.1 Å². The molecule has 0 radical (unpaired) electrons. The molecule has 0 fully saturated rings. The maximum atomic E-state index is 12.3. The molecule has 1 N–H and O–H groups in total. The lowest BCUT2D eigenvalue weighted by atomic mass is 10.1. The quantitative estimate of drug-likeness (QED) is 0.747. The molecular weight excluding hydrogens is 328 g/mol. The molecular formula is C20H30N4O2. The van der Waals surface area contributed by atoms with Crippen LogP contribution in [0.5, 0.6) is 5.88 Å². The lowest BCUT2D eigenvalue weighted by Crippen LogP contribution is -2.23. The van der Waals surface area contributed by atoms with Crippen LogP contribution in [-0.4, -0.2) is 27.3 Å². The summed E-state index contributed by atoms with van der Waals surface area (Å²) in [6.45, 7) is 12.3. The predicted octanol–water partition coefficient (Wildman–Crippen LogP) is 3.20. The van der Waals surface area contributed by atoms with Crippen molar-refractivity contribution in [3.8, 4) is 5.88 Å². The minimum absolute atomic E-state index is 0.0201. The van der Waals surface area contributed by atoms with Crippen LogP contribution in [0.2, 0.25) is 0 Å². The van der Waals surface area contributed by atoms with Crippen molar-refractivity contribution in [1.29, 1.82) is 0 Å². The van der Waals surface area contributed by atoms with Gasteiger partial charge in [-0.1, -0.05) is 19.9 Å². The standard InChI is InChI=1S/C20H30N4O2/c1-6-26-20-17(8-7-11-21-20)12-22-19(25)10-9-18-15(4)23-24(16(18)5)13-14(2)3/h7-8,11,14H,6,9-10,12-13H2,1-5H3,(H,22,25). The monoisotopic (exact) mass is 358 g/mol. The van der Waals surface area contributed by atoms with Gasteiger partial charge in [-0.2, -0.15) is 5.10 Å². The second-order valence-corrected chi connectivity index (χ2v) is 6.90. The van der Waals surface area contributed by atoms with Gasteiger partial charge >= 0.3 is 0 Å². The lowest BCUT2D eigenvalue weighted by molar-refractivity contribution is -0.121. The molecule has 0 atom stereocenters. The highest BCUT2D eigenvalue weighted by Gasteiger charge is 2.14. The van der Waals surface area contributed by atoms with E-state index in [9.17, 15) is 4.79 Å². The molecule has 0 aromatic carbocycles. The fourth-order valence-electron chi connectivity index (χ4n) is 2.97. The summed E-state index contributed by atoms with van der Waals surface area (Å²) in [4.78, 5) is 16.5. The lowest BCUT2D eigenvalue weighted by Gasteiger charge is -2.10. The van der Waals surface area contributed by atoms with E-state index < -0.39 is 0 Å². The molecule has 2 rings (SSSR count). The van der Waals surface area contributed by atoms with E-state index in [2.05, 4.69) is 40.9 Å². The number of ether oxygens (including phenoxy) is 1. The van der Waals surface area contributed by atoms with Crippen LogP contribution in [0.4, 0.5) is 0 Å². The van der Waals surface area contributed by atoms with Crippen LogP contribution in [0.15, 0.2) is 18.3 Å². The summed E-state index contributed by atoms with van der Waals surface area (Å²) in [5, 5.41) is 7.57. The Morgan fingerprint density at radius 1 is 1.35 bits per heavy atom. The SMILES string of the molecule is CCOc1ncccc1CNC(=O)CCc1c(C)nn(CC(C)C)c1C. The van der Waals surface area contributed by atoms with Crippen LogP contribution in [-0.2, 0) is 24.3 Å². The smallest absolute Gasteiger partial charge is 0.220 e. The Morgan fingerprint density at radius 2 is 2.12 bits per heavy atom. The molecule has 1 amide bonds. The number of carbonyl (C=O) groups is 1. The molecule has 6 nitrogen and oxygen atoms in total. The summed E-state index contributed by atoms with van der Waals surface area (Å²) < 4.78 is 7.54. The number of pyridine rings is 1. The molecule has 142 valence electrons. The molecule has 0 aliphatic rings. The van der Waals surface area contributed by atoms with Gasteiger partial charge in [-0.25, -0.2) is 4.98 Å². The number of nitrogens with zero attached hydrogens (tertiary/aromatic N) is 3. The first kappa shape index (κ1) is 19.9. The van der Waals surface area contributed by atoms with E-state index in [4.69, 9.17) is 4.74 Å². The van der Waals surface area contributed by atoms with Crippen LogP contribution in [0.25, 0.3) is 0 Å². The van der Waals surface area contributed by atoms with Crippen molar-refractivity contribution in [3.63, 3.8) is 0 Å². The highest BCUT2D eigenvalue weighted by atomic mass is 16.5. The first-order chi connectivity index (χ1) is 12.4. The van der Waals surface area contributed by atoms with Crippen molar-refractivity contribution < 1.29 is 9.53 Å². The van der Waals surface area contributed by atoms with E-state index in [1.807, 2.05) is 26.0 Å². The van der Waals surface area contributed by atoms with E-state index in [0.717, 1.165) is 23.5 Å². The van der Waals surface area contributed by atoms with Crippen LogP contribution in [0.3, 0.4) is 0 Å². The van der Waals surface area contributed by atoms with Crippen LogP contribution < -0.4 is 10.1 Å². The molecule has 0 unspecified atom stereocenters. The average Bonchev–Trinajstić information content (AvgIpc) is 2.85. The number of aromatic nitrogens is 3. The van der Waals surface area contributed by atoms with Gasteiger partial charge in [0, 0.05) is 37.0 Å². The molecule has 26 heavy (non-hydrogen) atoms. The fourth-order valence-corrected chi connectivity index (χ4v) is 2.97. The van der Waals surface area contributed by atoms with Gasteiger partial charge in [-0.3, -0.25) is 9.48 Å². The number of hydrogen-bond acceptors (Lipinski definition) is 4. The van der Waals surface area contributed by atoms with Crippen molar-refractivity contribution in [3.05, 3.63) is 40.8 Å². The topological polar surface area (TPSA) is 69.0 Å². The summed E-state index contributed by atoms with van der Waals surface area (Å²) >= 11 is 0. The number of rotatable bonds is 9. The molecule has 2 heterocycles. The van der Waals surface area contributed by atoms with Gasteiger partial charge in [0.15, 0.2) is 0 Å². The number of aryl methyl sites for hydroxylation is 1. The van der Waals surface area contributed by atoms with Gasteiger partial charge in [-0.15, -0.1) is 0 Å². The molecule has 0 bridgehead atoms. The highest BCUT2D eigenvalue weighted by molar-refractivity contribution is 5.76. The van der Waals surface area contributed by atoms with Crippen LogP contribution in [0, 0.1) is 19.8 Å². The Balaban J connectivity index is 1.91. The maximum Gasteiger partial charge on any atom is 0.220 e.